The van der Waals surface area contributed by atoms with E-state index in [-0.39, 0.29) is 18.3 Å². The Hall–Kier alpha value is -0.820. The predicted molar refractivity (Wildman–Crippen MR) is 83.4 cm³/mol. The van der Waals surface area contributed by atoms with E-state index in [1.165, 1.54) is 6.42 Å². The van der Waals surface area contributed by atoms with Crippen molar-refractivity contribution in [1.29, 1.82) is 0 Å². The molecule has 1 aliphatic carbocycles. The average Bonchev–Trinajstić information content (AvgIpc) is 2.25. The summed E-state index contributed by atoms with van der Waals surface area (Å²) in [6, 6.07) is 0.265. The number of hydrogen-bond acceptors (Lipinski definition) is 3. The van der Waals surface area contributed by atoms with Crippen LogP contribution in [0, 0.1) is 5.92 Å². The lowest BCUT2D eigenvalue weighted by Gasteiger charge is -2.25. The third-order valence-electron chi connectivity index (χ3n) is 3.22. The Labute approximate surface area is 122 Å². The molecule has 6 nitrogen and oxygen atoms in total. The second-order valence-electron chi connectivity index (χ2n) is 5.52. The first kappa shape index (κ1) is 17.2. The zero-order valence-electron chi connectivity index (χ0n) is 12.8. The van der Waals surface area contributed by atoms with Gasteiger partial charge < -0.3 is 10.6 Å². The molecular weight excluding hydrogens is 276 g/mol. The molecule has 1 rings (SSSR count). The molecule has 1 fully saturated rings. The van der Waals surface area contributed by atoms with E-state index in [9.17, 15) is 8.42 Å². The first-order chi connectivity index (χ1) is 9.43. The highest BCUT2D eigenvalue weighted by Gasteiger charge is 2.19. The van der Waals surface area contributed by atoms with Gasteiger partial charge >= 0.3 is 0 Å². The maximum atomic E-state index is 11.8. The Morgan fingerprint density at radius 3 is 2.55 bits per heavy atom. The standard InChI is InChI=1S/C13H28N4O2S/c1-4-14-13(17-11(2)3)15-8-9-20(18,19)16-10-12-6-5-7-12/h11-12,16H,4-10H2,1-3H3,(H2,14,15,17). The van der Waals surface area contributed by atoms with Crippen LogP contribution in [-0.2, 0) is 10.0 Å². The van der Waals surface area contributed by atoms with Crippen molar-refractivity contribution in [1.82, 2.24) is 15.4 Å². The van der Waals surface area contributed by atoms with E-state index in [1.807, 2.05) is 20.8 Å². The summed E-state index contributed by atoms with van der Waals surface area (Å²) in [5.41, 5.74) is 0. The second-order valence-corrected chi connectivity index (χ2v) is 7.45. The summed E-state index contributed by atoms with van der Waals surface area (Å²) in [7, 11) is -3.20. The van der Waals surface area contributed by atoms with Gasteiger partial charge in [-0.15, -0.1) is 0 Å². The predicted octanol–water partition coefficient (Wildman–Crippen LogP) is 0.669. The van der Waals surface area contributed by atoms with E-state index in [4.69, 9.17) is 0 Å². The third-order valence-corrected chi connectivity index (χ3v) is 4.54. The van der Waals surface area contributed by atoms with Crippen LogP contribution in [0.3, 0.4) is 0 Å². The normalized spacial score (nSPS) is 17.1. The van der Waals surface area contributed by atoms with Crippen LogP contribution in [0.1, 0.15) is 40.0 Å². The molecule has 0 unspecified atom stereocenters. The highest BCUT2D eigenvalue weighted by molar-refractivity contribution is 7.89. The summed E-state index contributed by atoms with van der Waals surface area (Å²) >= 11 is 0. The summed E-state index contributed by atoms with van der Waals surface area (Å²) < 4.78 is 26.3. The Kier molecular flexibility index (Phi) is 7.29. The van der Waals surface area contributed by atoms with Crippen LogP contribution in [0.2, 0.25) is 0 Å². The van der Waals surface area contributed by atoms with Crippen molar-refractivity contribution in [2.45, 2.75) is 46.1 Å². The van der Waals surface area contributed by atoms with E-state index >= 15 is 0 Å². The molecule has 0 aliphatic heterocycles. The fraction of sp³-hybridized carbons (Fsp3) is 0.923. The fourth-order valence-corrected chi connectivity index (χ4v) is 2.85. The Balaban J connectivity index is 2.34. The van der Waals surface area contributed by atoms with Gasteiger partial charge in [0, 0.05) is 19.1 Å². The molecule has 20 heavy (non-hydrogen) atoms. The summed E-state index contributed by atoms with van der Waals surface area (Å²) in [5, 5.41) is 6.25. The monoisotopic (exact) mass is 304 g/mol. The lowest BCUT2D eigenvalue weighted by Crippen LogP contribution is -2.41. The molecule has 0 spiro atoms. The maximum absolute atomic E-state index is 11.8. The molecular formula is C13H28N4O2S. The molecule has 0 heterocycles. The van der Waals surface area contributed by atoms with Gasteiger partial charge in [-0.05, 0) is 39.5 Å². The Bertz CT molecular complexity index is 403. The van der Waals surface area contributed by atoms with Gasteiger partial charge in [-0.2, -0.15) is 0 Å². The SMILES string of the molecule is CCNC(=NCCS(=O)(=O)NCC1CCC1)NC(C)C. The Morgan fingerprint density at radius 2 is 2.05 bits per heavy atom. The van der Waals surface area contributed by atoms with Gasteiger partial charge in [0.1, 0.15) is 0 Å². The van der Waals surface area contributed by atoms with Crippen LogP contribution < -0.4 is 15.4 Å². The minimum atomic E-state index is -3.20. The molecule has 0 aromatic carbocycles. The van der Waals surface area contributed by atoms with Gasteiger partial charge in [0.15, 0.2) is 5.96 Å². The van der Waals surface area contributed by atoms with Crippen LogP contribution in [0.25, 0.3) is 0 Å². The van der Waals surface area contributed by atoms with E-state index in [1.54, 1.807) is 0 Å². The number of hydrogen-bond donors (Lipinski definition) is 3. The quantitative estimate of drug-likeness (QED) is 0.455. The summed E-state index contributed by atoms with van der Waals surface area (Å²) in [6.45, 7) is 7.62. The molecule has 7 heteroatoms. The number of guanidine groups is 1. The zero-order chi connectivity index (χ0) is 15.0. The molecule has 0 bridgehead atoms. The first-order valence-electron chi connectivity index (χ1n) is 7.45. The minimum Gasteiger partial charge on any atom is -0.357 e. The molecule has 0 atom stereocenters. The lowest BCUT2D eigenvalue weighted by atomic mass is 9.86. The molecule has 0 radical (unpaired) electrons. The van der Waals surface area contributed by atoms with E-state index < -0.39 is 10.0 Å². The molecule has 3 N–H and O–H groups in total. The molecule has 118 valence electrons. The van der Waals surface area contributed by atoms with Crippen molar-refractivity contribution >= 4 is 16.0 Å². The van der Waals surface area contributed by atoms with Gasteiger partial charge in [0.2, 0.25) is 10.0 Å². The lowest BCUT2D eigenvalue weighted by molar-refractivity contribution is 0.316. The molecule has 1 saturated carbocycles. The molecule has 0 aromatic heterocycles. The molecule has 0 aromatic rings. The Morgan fingerprint density at radius 1 is 1.35 bits per heavy atom. The number of sulfonamides is 1. The van der Waals surface area contributed by atoms with E-state index in [0.29, 0.717) is 18.4 Å². The van der Waals surface area contributed by atoms with Crippen LogP contribution >= 0.6 is 0 Å². The maximum Gasteiger partial charge on any atom is 0.213 e. The third kappa shape index (κ3) is 7.09. The highest BCUT2D eigenvalue weighted by atomic mass is 32.2. The van der Waals surface area contributed by atoms with E-state index in [2.05, 4.69) is 20.3 Å². The summed E-state index contributed by atoms with van der Waals surface area (Å²) in [5.74, 6) is 1.24. The van der Waals surface area contributed by atoms with E-state index in [0.717, 1.165) is 19.4 Å². The fourth-order valence-electron chi connectivity index (χ4n) is 1.88. The topological polar surface area (TPSA) is 82.6 Å². The molecule has 0 saturated heterocycles. The van der Waals surface area contributed by atoms with Crippen molar-refractivity contribution in [3.8, 4) is 0 Å². The van der Waals surface area contributed by atoms with Crippen molar-refractivity contribution in [2.75, 3.05) is 25.4 Å². The van der Waals surface area contributed by atoms with Gasteiger partial charge in [0.05, 0.1) is 12.3 Å². The van der Waals surface area contributed by atoms with Gasteiger partial charge in [-0.25, -0.2) is 13.1 Å². The van der Waals surface area contributed by atoms with Crippen LogP contribution in [0.15, 0.2) is 4.99 Å². The smallest absolute Gasteiger partial charge is 0.213 e. The van der Waals surface area contributed by atoms with Crippen LogP contribution in [0.5, 0.6) is 0 Å². The van der Waals surface area contributed by atoms with Gasteiger partial charge in [-0.3, -0.25) is 4.99 Å². The zero-order valence-corrected chi connectivity index (χ0v) is 13.6. The van der Waals surface area contributed by atoms with Crippen LogP contribution in [-0.4, -0.2) is 45.8 Å². The average molecular weight is 304 g/mol. The summed E-state index contributed by atoms with van der Waals surface area (Å²) in [4.78, 5) is 4.28. The summed E-state index contributed by atoms with van der Waals surface area (Å²) in [6.07, 6.45) is 3.51. The van der Waals surface area contributed by atoms with Crippen molar-refractivity contribution < 1.29 is 8.42 Å². The highest BCUT2D eigenvalue weighted by Crippen LogP contribution is 2.25. The number of aliphatic imine (C=N–C) groups is 1. The van der Waals surface area contributed by atoms with Crippen molar-refractivity contribution in [2.24, 2.45) is 10.9 Å². The minimum absolute atomic E-state index is 0.0361. The van der Waals surface area contributed by atoms with Gasteiger partial charge in [-0.1, -0.05) is 6.42 Å². The molecule has 0 amide bonds. The second kappa shape index (κ2) is 8.46. The largest absolute Gasteiger partial charge is 0.357 e. The number of nitrogens with zero attached hydrogens (tertiary/aromatic N) is 1. The van der Waals surface area contributed by atoms with Crippen LogP contribution in [0.4, 0.5) is 0 Å². The first-order valence-corrected chi connectivity index (χ1v) is 9.10. The van der Waals surface area contributed by atoms with Gasteiger partial charge in [0.25, 0.3) is 0 Å². The van der Waals surface area contributed by atoms with Crippen molar-refractivity contribution in [3.05, 3.63) is 0 Å². The molecule has 1 aliphatic rings. The number of rotatable bonds is 8. The van der Waals surface area contributed by atoms with Crippen molar-refractivity contribution in [3.63, 3.8) is 0 Å². The number of nitrogens with one attached hydrogen (secondary N) is 3.